The molecule has 0 atom stereocenters. The van der Waals surface area contributed by atoms with Crippen LogP contribution in [0.15, 0.2) is 5.16 Å². The molecule has 0 bridgehead atoms. The third-order valence-electron chi connectivity index (χ3n) is 1.88. The van der Waals surface area contributed by atoms with Crippen molar-refractivity contribution in [2.75, 3.05) is 26.7 Å². The summed E-state index contributed by atoms with van der Waals surface area (Å²) >= 11 is 0. The lowest BCUT2D eigenvalue weighted by Crippen LogP contribution is -2.52. The van der Waals surface area contributed by atoms with E-state index in [1.54, 1.807) is 11.9 Å². The summed E-state index contributed by atoms with van der Waals surface area (Å²) in [6.07, 6.45) is 0. The Hall–Kier alpha value is -1.46. The summed E-state index contributed by atoms with van der Waals surface area (Å²) < 4.78 is 0. The van der Waals surface area contributed by atoms with Gasteiger partial charge in [0, 0.05) is 20.1 Å². The Kier molecular flexibility index (Phi) is 2.37. The molecule has 3 N–H and O–H groups in total. The van der Waals surface area contributed by atoms with Crippen LogP contribution in [-0.4, -0.2) is 53.6 Å². The number of nitrogens with zero attached hydrogens (tertiary/aromatic N) is 3. The van der Waals surface area contributed by atoms with Gasteiger partial charge in [-0.25, -0.2) is 0 Å². The largest absolute Gasteiger partial charge is 0.408 e. The number of rotatable bonds is 0. The van der Waals surface area contributed by atoms with Crippen LogP contribution < -0.4 is 5.73 Å². The van der Waals surface area contributed by atoms with Crippen LogP contribution >= 0.6 is 0 Å². The van der Waals surface area contributed by atoms with Gasteiger partial charge in [0.05, 0.1) is 0 Å². The Balaban J connectivity index is 2.57. The SMILES string of the molecule is CN1CCN(C(N)=NO)CC1=O. The first kappa shape index (κ1) is 8.63. The molecule has 1 heterocycles. The predicted octanol–water partition coefficient (Wildman–Crippen LogP) is -1.54. The Morgan fingerprint density at radius 1 is 1.67 bits per heavy atom. The van der Waals surface area contributed by atoms with Crippen molar-refractivity contribution in [1.29, 1.82) is 0 Å². The molecule has 6 heteroatoms. The fraction of sp³-hybridized carbons (Fsp3) is 0.667. The highest BCUT2D eigenvalue weighted by molar-refractivity contribution is 5.86. The fourth-order valence-electron chi connectivity index (χ4n) is 1.02. The third-order valence-corrected chi connectivity index (χ3v) is 1.88. The number of likely N-dealkylation sites (N-methyl/N-ethyl adjacent to an activating group) is 1. The standard InChI is InChI=1S/C6H12N4O2/c1-9-2-3-10(4-5(9)11)6(7)8-12/h12H,2-4H2,1H3,(H2,7,8). The molecule has 1 aliphatic rings. The Labute approximate surface area is 70.2 Å². The molecule has 1 amide bonds. The third kappa shape index (κ3) is 1.58. The number of hydrogen-bond donors (Lipinski definition) is 2. The van der Waals surface area contributed by atoms with E-state index >= 15 is 0 Å². The Bertz CT molecular complexity index is 216. The smallest absolute Gasteiger partial charge is 0.242 e. The first-order valence-electron chi connectivity index (χ1n) is 3.61. The normalized spacial score (nSPS) is 20.1. The van der Waals surface area contributed by atoms with Gasteiger partial charge in [-0.15, -0.1) is 0 Å². The van der Waals surface area contributed by atoms with Crippen molar-refractivity contribution < 1.29 is 10.0 Å². The van der Waals surface area contributed by atoms with E-state index in [2.05, 4.69) is 5.16 Å². The summed E-state index contributed by atoms with van der Waals surface area (Å²) in [7, 11) is 1.73. The molecule has 0 saturated carbocycles. The molecule has 1 saturated heterocycles. The maximum atomic E-state index is 11.1. The van der Waals surface area contributed by atoms with Gasteiger partial charge < -0.3 is 20.7 Å². The minimum Gasteiger partial charge on any atom is -0.408 e. The fourth-order valence-corrected chi connectivity index (χ4v) is 1.02. The molecular formula is C6H12N4O2. The van der Waals surface area contributed by atoms with Crippen molar-refractivity contribution in [3.8, 4) is 0 Å². The second kappa shape index (κ2) is 3.29. The molecule has 0 aromatic rings. The van der Waals surface area contributed by atoms with E-state index in [9.17, 15) is 4.79 Å². The van der Waals surface area contributed by atoms with Gasteiger partial charge in [-0.05, 0) is 0 Å². The predicted molar refractivity (Wildman–Crippen MR) is 42.6 cm³/mol. The lowest BCUT2D eigenvalue weighted by molar-refractivity contribution is -0.132. The maximum Gasteiger partial charge on any atom is 0.242 e. The number of amides is 1. The van der Waals surface area contributed by atoms with Gasteiger partial charge in [-0.3, -0.25) is 4.79 Å². The molecule has 68 valence electrons. The lowest BCUT2D eigenvalue weighted by Gasteiger charge is -2.31. The van der Waals surface area contributed by atoms with Crippen LogP contribution in [0.1, 0.15) is 0 Å². The zero-order chi connectivity index (χ0) is 9.14. The minimum atomic E-state index is -0.0205. The minimum absolute atomic E-state index is 0.00329. The molecule has 1 aliphatic heterocycles. The van der Waals surface area contributed by atoms with Gasteiger partial charge in [-0.2, -0.15) is 0 Å². The molecule has 0 aliphatic carbocycles. The summed E-state index contributed by atoms with van der Waals surface area (Å²) in [5, 5.41) is 11.2. The molecule has 0 aromatic heterocycles. The number of hydrogen-bond acceptors (Lipinski definition) is 3. The molecule has 0 unspecified atom stereocenters. The number of guanidine groups is 1. The van der Waals surface area contributed by atoms with E-state index in [1.807, 2.05) is 0 Å². The first-order chi connectivity index (χ1) is 5.65. The van der Waals surface area contributed by atoms with E-state index in [0.717, 1.165) is 0 Å². The molecule has 0 spiro atoms. The lowest BCUT2D eigenvalue weighted by atomic mass is 10.3. The van der Waals surface area contributed by atoms with Gasteiger partial charge in [0.2, 0.25) is 11.9 Å². The number of carbonyl (C=O) groups is 1. The Morgan fingerprint density at radius 2 is 2.33 bits per heavy atom. The summed E-state index contributed by atoms with van der Waals surface area (Å²) in [4.78, 5) is 14.3. The molecule has 1 rings (SSSR count). The Morgan fingerprint density at radius 3 is 2.83 bits per heavy atom. The van der Waals surface area contributed by atoms with Gasteiger partial charge in [-0.1, -0.05) is 5.16 Å². The summed E-state index contributed by atoms with van der Waals surface area (Å²) in [6.45, 7) is 1.40. The van der Waals surface area contributed by atoms with Crippen molar-refractivity contribution in [3.63, 3.8) is 0 Å². The van der Waals surface area contributed by atoms with E-state index in [0.29, 0.717) is 13.1 Å². The van der Waals surface area contributed by atoms with Crippen LogP contribution in [0.5, 0.6) is 0 Å². The van der Waals surface area contributed by atoms with E-state index in [-0.39, 0.29) is 18.4 Å². The van der Waals surface area contributed by atoms with E-state index in [1.165, 1.54) is 4.90 Å². The number of oxime groups is 1. The number of piperazine rings is 1. The summed E-state index contributed by atoms with van der Waals surface area (Å²) in [5.74, 6) is -0.0238. The molecular weight excluding hydrogens is 160 g/mol. The van der Waals surface area contributed by atoms with Gasteiger partial charge in [0.25, 0.3) is 0 Å². The van der Waals surface area contributed by atoms with Crippen LogP contribution in [0, 0.1) is 0 Å². The van der Waals surface area contributed by atoms with Gasteiger partial charge in [0.15, 0.2) is 0 Å². The second-order valence-electron chi connectivity index (χ2n) is 2.70. The second-order valence-corrected chi connectivity index (χ2v) is 2.70. The van der Waals surface area contributed by atoms with Gasteiger partial charge in [0.1, 0.15) is 6.54 Å². The topological polar surface area (TPSA) is 82.2 Å². The molecule has 12 heavy (non-hydrogen) atoms. The quantitative estimate of drug-likeness (QED) is 0.201. The monoisotopic (exact) mass is 172 g/mol. The first-order valence-corrected chi connectivity index (χ1v) is 3.61. The van der Waals surface area contributed by atoms with Crippen LogP contribution in [0.25, 0.3) is 0 Å². The van der Waals surface area contributed by atoms with Crippen LogP contribution in [-0.2, 0) is 4.79 Å². The highest BCUT2D eigenvalue weighted by atomic mass is 16.4. The number of carbonyl (C=O) groups excluding carboxylic acids is 1. The molecule has 0 aromatic carbocycles. The van der Waals surface area contributed by atoms with Crippen molar-refractivity contribution >= 4 is 11.9 Å². The van der Waals surface area contributed by atoms with Crippen molar-refractivity contribution in [1.82, 2.24) is 9.80 Å². The molecule has 1 fully saturated rings. The zero-order valence-electron chi connectivity index (χ0n) is 6.90. The van der Waals surface area contributed by atoms with Crippen molar-refractivity contribution in [3.05, 3.63) is 0 Å². The highest BCUT2D eigenvalue weighted by Crippen LogP contribution is 1.99. The van der Waals surface area contributed by atoms with Crippen LogP contribution in [0.3, 0.4) is 0 Å². The summed E-state index contributed by atoms with van der Waals surface area (Å²) in [6, 6.07) is 0. The molecule has 6 nitrogen and oxygen atoms in total. The van der Waals surface area contributed by atoms with E-state index < -0.39 is 0 Å². The van der Waals surface area contributed by atoms with Crippen LogP contribution in [0.2, 0.25) is 0 Å². The highest BCUT2D eigenvalue weighted by Gasteiger charge is 2.22. The van der Waals surface area contributed by atoms with Crippen molar-refractivity contribution in [2.45, 2.75) is 0 Å². The summed E-state index contributed by atoms with van der Waals surface area (Å²) in [5.41, 5.74) is 5.31. The van der Waals surface area contributed by atoms with E-state index in [4.69, 9.17) is 10.9 Å². The number of nitrogens with two attached hydrogens (primary N) is 1. The molecule has 0 radical (unpaired) electrons. The average molecular weight is 172 g/mol. The maximum absolute atomic E-state index is 11.1. The van der Waals surface area contributed by atoms with Crippen molar-refractivity contribution in [2.24, 2.45) is 10.9 Å². The van der Waals surface area contributed by atoms with Crippen LogP contribution in [0.4, 0.5) is 0 Å². The average Bonchev–Trinajstić information content (AvgIpc) is 2.08. The zero-order valence-corrected chi connectivity index (χ0v) is 6.90. The van der Waals surface area contributed by atoms with Gasteiger partial charge >= 0.3 is 0 Å².